The van der Waals surface area contributed by atoms with Gasteiger partial charge in [0.05, 0.1) is 5.56 Å². The zero-order valence-corrected chi connectivity index (χ0v) is 9.67. The fourth-order valence-corrected chi connectivity index (χ4v) is 2.36. The van der Waals surface area contributed by atoms with E-state index < -0.39 is 0 Å². The molecule has 1 aromatic carbocycles. The van der Waals surface area contributed by atoms with Gasteiger partial charge in [-0.05, 0) is 43.1 Å². The third kappa shape index (κ3) is 1.52. The molecular weight excluding hydrogens is 216 g/mol. The van der Waals surface area contributed by atoms with Gasteiger partial charge < -0.3 is 15.5 Å². The summed E-state index contributed by atoms with van der Waals surface area (Å²) in [5.41, 5.74) is 9.84. The van der Waals surface area contributed by atoms with Crippen LogP contribution in [0.2, 0.25) is 0 Å². The maximum Gasteiger partial charge on any atom is 0.341 e. The number of anilines is 1. The number of hydrogen-bond donors (Lipinski definition) is 2. The van der Waals surface area contributed by atoms with Crippen molar-refractivity contribution in [1.29, 1.82) is 0 Å². The summed E-state index contributed by atoms with van der Waals surface area (Å²) in [6.45, 7) is 3.39. The monoisotopic (exact) mass is 230 g/mol. The molecule has 88 valence electrons. The molecule has 0 unspecified atom stereocenters. The van der Waals surface area contributed by atoms with Crippen molar-refractivity contribution < 1.29 is 4.42 Å². The summed E-state index contributed by atoms with van der Waals surface area (Å²) in [6, 6.07) is 3.76. The molecule has 3 rings (SSSR count). The molecular formula is C13H14N2O2. The second-order valence-electron chi connectivity index (χ2n) is 4.48. The third-order valence-electron chi connectivity index (χ3n) is 3.36. The topological polar surface area (TPSA) is 68.3 Å². The molecule has 3 N–H and O–H groups in total. The van der Waals surface area contributed by atoms with Crippen molar-refractivity contribution in [3.05, 3.63) is 39.2 Å². The predicted octanol–water partition coefficient (Wildman–Crippen LogP) is 1.33. The van der Waals surface area contributed by atoms with Crippen molar-refractivity contribution in [3.63, 3.8) is 0 Å². The number of fused-ring (bicyclic) bond motifs is 3. The SMILES string of the molecule is Cc1cc2oc(=O)c3c(c2cc1N)CCNC3. The Labute approximate surface area is 98.4 Å². The Bertz CT molecular complexity index is 658. The first-order valence-electron chi connectivity index (χ1n) is 5.72. The quantitative estimate of drug-likeness (QED) is 0.529. The lowest BCUT2D eigenvalue weighted by Crippen LogP contribution is -2.29. The summed E-state index contributed by atoms with van der Waals surface area (Å²) in [6.07, 6.45) is 0.847. The van der Waals surface area contributed by atoms with Gasteiger partial charge in [0.15, 0.2) is 0 Å². The van der Waals surface area contributed by atoms with Gasteiger partial charge in [0.2, 0.25) is 0 Å². The van der Waals surface area contributed by atoms with E-state index in [1.165, 1.54) is 0 Å². The van der Waals surface area contributed by atoms with Crippen molar-refractivity contribution in [2.75, 3.05) is 12.3 Å². The van der Waals surface area contributed by atoms with E-state index in [0.29, 0.717) is 12.1 Å². The number of nitrogen functional groups attached to an aromatic ring is 1. The number of aryl methyl sites for hydroxylation is 1. The maximum atomic E-state index is 11.8. The average molecular weight is 230 g/mol. The van der Waals surface area contributed by atoms with Crippen LogP contribution in [0.3, 0.4) is 0 Å². The number of rotatable bonds is 0. The second-order valence-corrected chi connectivity index (χ2v) is 4.48. The van der Waals surface area contributed by atoms with Crippen LogP contribution < -0.4 is 16.7 Å². The molecule has 0 radical (unpaired) electrons. The summed E-state index contributed by atoms with van der Waals surface area (Å²) in [4.78, 5) is 11.8. The lowest BCUT2D eigenvalue weighted by molar-refractivity contribution is 0.526. The van der Waals surface area contributed by atoms with Gasteiger partial charge in [-0.2, -0.15) is 0 Å². The van der Waals surface area contributed by atoms with Gasteiger partial charge in [-0.15, -0.1) is 0 Å². The molecule has 0 amide bonds. The minimum absolute atomic E-state index is 0.233. The molecule has 1 aromatic heterocycles. The lowest BCUT2D eigenvalue weighted by Gasteiger charge is -2.17. The van der Waals surface area contributed by atoms with Crippen molar-refractivity contribution in [2.45, 2.75) is 19.9 Å². The van der Waals surface area contributed by atoms with E-state index >= 15 is 0 Å². The highest BCUT2D eigenvalue weighted by Crippen LogP contribution is 2.26. The van der Waals surface area contributed by atoms with Crippen LogP contribution in [0.4, 0.5) is 5.69 Å². The summed E-state index contributed by atoms with van der Waals surface area (Å²) >= 11 is 0. The first-order chi connectivity index (χ1) is 8.16. The Hall–Kier alpha value is -1.81. The molecule has 1 aliphatic heterocycles. The fourth-order valence-electron chi connectivity index (χ4n) is 2.36. The van der Waals surface area contributed by atoms with Gasteiger partial charge in [-0.25, -0.2) is 4.79 Å². The minimum Gasteiger partial charge on any atom is -0.422 e. The van der Waals surface area contributed by atoms with E-state index in [9.17, 15) is 4.79 Å². The summed E-state index contributed by atoms with van der Waals surface area (Å²) < 4.78 is 5.34. The molecule has 4 heteroatoms. The first kappa shape index (κ1) is 10.4. The second kappa shape index (κ2) is 3.60. The number of benzene rings is 1. The van der Waals surface area contributed by atoms with Gasteiger partial charge in [-0.1, -0.05) is 0 Å². The largest absolute Gasteiger partial charge is 0.422 e. The smallest absolute Gasteiger partial charge is 0.341 e. The van der Waals surface area contributed by atoms with Crippen molar-refractivity contribution in [1.82, 2.24) is 5.32 Å². The molecule has 0 saturated carbocycles. The highest BCUT2D eigenvalue weighted by atomic mass is 16.4. The fraction of sp³-hybridized carbons (Fsp3) is 0.308. The molecule has 0 fully saturated rings. The minimum atomic E-state index is -0.233. The predicted molar refractivity (Wildman–Crippen MR) is 67.0 cm³/mol. The lowest BCUT2D eigenvalue weighted by atomic mass is 9.97. The van der Waals surface area contributed by atoms with E-state index in [4.69, 9.17) is 10.2 Å². The van der Waals surface area contributed by atoms with Crippen LogP contribution >= 0.6 is 0 Å². The van der Waals surface area contributed by atoms with Crippen molar-refractivity contribution in [2.24, 2.45) is 0 Å². The zero-order chi connectivity index (χ0) is 12.0. The Morgan fingerprint density at radius 3 is 3.00 bits per heavy atom. The summed E-state index contributed by atoms with van der Waals surface area (Å²) in [7, 11) is 0. The van der Waals surface area contributed by atoms with Crippen molar-refractivity contribution in [3.8, 4) is 0 Å². The van der Waals surface area contributed by atoms with E-state index in [-0.39, 0.29) is 5.63 Å². The van der Waals surface area contributed by atoms with Gasteiger partial charge in [0.1, 0.15) is 5.58 Å². The Morgan fingerprint density at radius 2 is 2.18 bits per heavy atom. The molecule has 0 atom stereocenters. The molecule has 0 saturated heterocycles. The van der Waals surface area contributed by atoms with Crippen LogP contribution in [0.25, 0.3) is 11.0 Å². The van der Waals surface area contributed by atoms with Crippen molar-refractivity contribution >= 4 is 16.7 Å². The molecule has 0 spiro atoms. The molecule has 1 aliphatic rings. The maximum absolute atomic E-state index is 11.8. The Morgan fingerprint density at radius 1 is 1.35 bits per heavy atom. The Kier molecular flexibility index (Phi) is 2.19. The number of hydrogen-bond acceptors (Lipinski definition) is 4. The van der Waals surface area contributed by atoms with Gasteiger partial charge in [-0.3, -0.25) is 0 Å². The van der Waals surface area contributed by atoms with E-state index in [1.807, 2.05) is 19.1 Å². The van der Waals surface area contributed by atoms with Crippen LogP contribution in [0.15, 0.2) is 21.3 Å². The number of nitrogens with one attached hydrogen (secondary N) is 1. The van der Waals surface area contributed by atoms with E-state index in [0.717, 1.165) is 40.7 Å². The zero-order valence-electron chi connectivity index (χ0n) is 9.67. The molecule has 4 nitrogen and oxygen atoms in total. The molecule has 2 heterocycles. The number of nitrogens with two attached hydrogens (primary N) is 1. The van der Waals surface area contributed by atoms with Gasteiger partial charge in [0, 0.05) is 17.6 Å². The van der Waals surface area contributed by atoms with Crippen LogP contribution in [0, 0.1) is 6.92 Å². The highest BCUT2D eigenvalue weighted by molar-refractivity contribution is 5.85. The standard InChI is InChI=1S/C13H14N2O2/c1-7-4-12-9(5-11(7)14)8-2-3-15-6-10(8)13(16)17-12/h4-5,15H,2-3,6,14H2,1H3. The molecule has 17 heavy (non-hydrogen) atoms. The van der Waals surface area contributed by atoms with Gasteiger partial charge in [0.25, 0.3) is 0 Å². The molecule has 2 aromatic rings. The third-order valence-corrected chi connectivity index (χ3v) is 3.36. The van der Waals surface area contributed by atoms with Crippen LogP contribution in [0.1, 0.15) is 16.7 Å². The van der Waals surface area contributed by atoms with Crippen LogP contribution in [0.5, 0.6) is 0 Å². The van der Waals surface area contributed by atoms with Crippen LogP contribution in [-0.4, -0.2) is 6.54 Å². The average Bonchev–Trinajstić information content (AvgIpc) is 2.32. The van der Waals surface area contributed by atoms with E-state index in [2.05, 4.69) is 5.32 Å². The summed E-state index contributed by atoms with van der Waals surface area (Å²) in [5.74, 6) is 0. The Balaban J connectivity index is 2.43. The highest BCUT2D eigenvalue weighted by Gasteiger charge is 2.18. The molecule has 0 aliphatic carbocycles. The van der Waals surface area contributed by atoms with Crippen LogP contribution in [-0.2, 0) is 13.0 Å². The van der Waals surface area contributed by atoms with E-state index in [1.54, 1.807) is 0 Å². The van der Waals surface area contributed by atoms with Gasteiger partial charge >= 0.3 is 5.63 Å². The summed E-state index contributed by atoms with van der Waals surface area (Å²) in [5, 5.41) is 4.16. The molecule has 0 bridgehead atoms. The first-order valence-corrected chi connectivity index (χ1v) is 5.72. The normalized spacial score (nSPS) is 14.9.